The number of benzene rings is 2. The van der Waals surface area contributed by atoms with Gasteiger partial charge in [0.2, 0.25) is 0 Å². The van der Waals surface area contributed by atoms with Gasteiger partial charge in [-0.2, -0.15) is 0 Å². The van der Waals surface area contributed by atoms with Gasteiger partial charge in [0.25, 0.3) is 5.91 Å². The minimum atomic E-state index is -0.599. The van der Waals surface area contributed by atoms with Gasteiger partial charge in [0.15, 0.2) is 0 Å². The van der Waals surface area contributed by atoms with Gasteiger partial charge in [-0.1, -0.05) is 36.4 Å². The summed E-state index contributed by atoms with van der Waals surface area (Å²) in [4.78, 5) is 26.8. The first-order valence-corrected chi connectivity index (χ1v) is 8.82. The topological polar surface area (TPSA) is 62.6 Å². The second-order valence-corrected chi connectivity index (χ2v) is 6.63. The van der Waals surface area contributed by atoms with Gasteiger partial charge in [0.05, 0.1) is 0 Å². The van der Waals surface area contributed by atoms with Crippen molar-refractivity contribution in [3.05, 3.63) is 76.6 Å². The van der Waals surface area contributed by atoms with Crippen molar-refractivity contribution in [1.82, 2.24) is 5.32 Å². The summed E-state index contributed by atoms with van der Waals surface area (Å²) in [7, 11) is 0. The van der Waals surface area contributed by atoms with E-state index >= 15 is 0 Å². The van der Waals surface area contributed by atoms with Crippen LogP contribution in [0.4, 0.5) is 5.69 Å². The first-order chi connectivity index (χ1) is 12.7. The normalized spacial score (nSPS) is 16.8. The first-order valence-electron chi connectivity index (χ1n) is 8.82. The van der Waals surface area contributed by atoms with E-state index in [-0.39, 0.29) is 11.5 Å². The van der Waals surface area contributed by atoms with Crippen molar-refractivity contribution >= 4 is 22.6 Å². The molecule has 1 saturated heterocycles. The molecule has 4 rings (SSSR count). The maximum Gasteiger partial charge on any atom is 0.349 e. The fourth-order valence-electron chi connectivity index (χ4n) is 3.43. The fourth-order valence-corrected chi connectivity index (χ4v) is 3.43. The number of fused-ring (bicyclic) bond motifs is 1. The van der Waals surface area contributed by atoms with Gasteiger partial charge in [0, 0.05) is 30.7 Å². The van der Waals surface area contributed by atoms with E-state index < -0.39 is 5.63 Å². The minimum Gasteiger partial charge on any atom is -0.422 e. The lowest BCUT2D eigenvalue weighted by atomic mass is 10.1. The van der Waals surface area contributed by atoms with Gasteiger partial charge in [-0.15, -0.1) is 0 Å². The Kier molecular flexibility index (Phi) is 4.44. The smallest absolute Gasteiger partial charge is 0.349 e. The van der Waals surface area contributed by atoms with E-state index in [9.17, 15) is 9.59 Å². The molecule has 5 nitrogen and oxygen atoms in total. The number of carbonyl (C=O) groups excluding carboxylic acids is 1. The van der Waals surface area contributed by atoms with Crippen molar-refractivity contribution in [1.29, 1.82) is 0 Å². The number of rotatable bonds is 4. The number of nitrogens with zero attached hydrogens (tertiary/aromatic N) is 1. The lowest BCUT2D eigenvalue weighted by Gasteiger charge is -2.18. The molecule has 26 heavy (non-hydrogen) atoms. The van der Waals surface area contributed by atoms with Crippen molar-refractivity contribution in [3.63, 3.8) is 0 Å². The highest BCUT2D eigenvalue weighted by Gasteiger charge is 2.23. The van der Waals surface area contributed by atoms with Crippen LogP contribution in [0.2, 0.25) is 0 Å². The average Bonchev–Trinajstić information content (AvgIpc) is 3.15. The summed E-state index contributed by atoms with van der Waals surface area (Å²) in [5.74, 6) is -0.00526. The van der Waals surface area contributed by atoms with E-state index in [2.05, 4.69) is 22.3 Å². The second kappa shape index (κ2) is 7.04. The molecular weight excluding hydrogens is 328 g/mol. The minimum absolute atomic E-state index is 0.0570. The van der Waals surface area contributed by atoms with Crippen molar-refractivity contribution in [3.8, 4) is 0 Å². The van der Waals surface area contributed by atoms with Crippen LogP contribution < -0.4 is 15.8 Å². The highest BCUT2D eigenvalue weighted by atomic mass is 16.4. The summed E-state index contributed by atoms with van der Waals surface area (Å²) in [6, 6.07) is 19.0. The molecule has 1 unspecified atom stereocenters. The molecule has 1 aliphatic heterocycles. The van der Waals surface area contributed by atoms with Crippen LogP contribution in [0, 0.1) is 5.92 Å². The van der Waals surface area contributed by atoms with Crippen LogP contribution in [0.15, 0.2) is 69.9 Å². The van der Waals surface area contributed by atoms with Gasteiger partial charge in [-0.05, 0) is 36.6 Å². The Morgan fingerprint density at radius 1 is 1.12 bits per heavy atom. The zero-order valence-corrected chi connectivity index (χ0v) is 14.4. The van der Waals surface area contributed by atoms with Crippen LogP contribution in [0.3, 0.4) is 0 Å². The quantitative estimate of drug-likeness (QED) is 0.736. The summed E-state index contributed by atoms with van der Waals surface area (Å²) >= 11 is 0. The van der Waals surface area contributed by atoms with E-state index in [0.717, 1.165) is 24.9 Å². The zero-order chi connectivity index (χ0) is 17.9. The Balaban J connectivity index is 1.40. The Hall–Kier alpha value is -3.08. The molecule has 1 aliphatic rings. The van der Waals surface area contributed by atoms with Gasteiger partial charge >= 0.3 is 5.63 Å². The summed E-state index contributed by atoms with van der Waals surface area (Å²) in [6.07, 6.45) is 1.02. The van der Waals surface area contributed by atoms with Gasteiger partial charge in [0.1, 0.15) is 11.1 Å². The van der Waals surface area contributed by atoms with Gasteiger partial charge < -0.3 is 14.6 Å². The molecular formula is C21H20N2O3. The maximum atomic E-state index is 12.4. The molecule has 1 aromatic heterocycles. The lowest BCUT2D eigenvalue weighted by Crippen LogP contribution is -2.33. The molecule has 132 valence electrons. The van der Waals surface area contributed by atoms with Crippen LogP contribution in [-0.2, 0) is 0 Å². The number of hydrogen-bond acceptors (Lipinski definition) is 4. The molecule has 1 fully saturated rings. The molecule has 2 heterocycles. The lowest BCUT2D eigenvalue weighted by molar-refractivity contribution is 0.0944. The standard InChI is InChI=1S/C21H20N2O3/c24-20(18-12-16-6-4-5-9-19(16)26-21(18)25)22-13-15-10-11-23(14-15)17-7-2-1-3-8-17/h1-9,12,15H,10-11,13-14H2,(H,22,24). The molecule has 1 atom stereocenters. The summed E-state index contributed by atoms with van der Waals surface area (Å²) in [5, 5.41) is 3.64. The summed E-state index contributed by atoms with van der Waals surface area (Å²) < 4.78 is 5.24. The van der Waals surface area contributed by atoms with Crippen molar-refractivity contribution in [2.75, 3.05) is 24.5 Å². The third-order valence-electron chi connectivity index (χ3n) is 4.84. The third kappa shape index (κ3) is 3.33. The SMILES string of the molecule is O=C(NCC1CCN(c2ccccc2)C1)c1cc2ccccc2oc1=O. The van der Waals surface area contributed by atoms with E-state index in [1.54, 1.807) is 18.2 Å². The monoisotopic (exact) mass is 348 g/mol. The zero-order valence-electron chi connectivity index (χ0n) is 14.4. The Morgan fingerprint density at radius 3 is 2.73 bits per heavy atom. The van der Waals surface area contributed by atoms with Crippen LogP contribution in [0.25, 0.3) is 11.0 Å². The Morgan fingerprint density at radius 2 is 1.88 bits per heavy atom. The molecule has 2 aromatic carbocycles. The molecule has 0 aliphatic carbocycles. The molecule has 1 N–H and O–H groups in total. The van der Waals surface area contributed by atoms with Gasteiger partial charge in [-0.3, -0.25) is 4.79 Å². The van der Waals surface area contributed by atoms with Crippen LogP contribution in [-0.4, -0.2) is 25.5 Å². The van der Waals surface area contributed by atoms with Gasteiger partial charge in [-0.25, -0.2) is 4.79 Å². The molecule has 0 radical (unpaired) electrons. The van der Waals surface area contributed by atoms with Crippen molar-refractivity contribution in [2.24, 2.45) is 5.92 Å². The second-order valence-electron chi connectivity index (χ2n) is 6.63. The van der Waals surface area contributed by atoms with E-state index in [1.807, 2.05) is 30.3 Å². The van der Waals surface area contributed by atoms with E-state index in [0.29, 0.717) is 18.0 Å². The highest BCUT2D eigenvalue weighted by Crippen LogP contribution is 2.23. The number of nitrogens with one attached hydrogen (secondary N) is 1. The maximum absolute atomic E-state index is 12.4. The number of hydrogen-bond donors (Lipinski definition) is 1. The summed E-state index contributed by atoms with van der Waals surface area (Å²) in [6.45, 7) is 2.42. The highest BCUT2D eigenvalue weighted by molar-refractivity contribution is 5.96. The third-order valence-corrected chi connectivity index (χ3v) is 4.84. The summed E-state index contributed by atoms with van der Waals surface area (Å²) in [5.41, 5.74) is 1.15. The Bertz CT molecular complexity index is 981. The molecule has 0 saturated carbocycles. The molecule has 0 bridgehead atoms. The Labute approximate surface area is 151 Å². The number of carbonyl (C=O) groups is 1. The van der Waals surface area contributed by atoms with Crippen LogP contribution in [0.5, 0.6) is 0 Å². The molecule has 5 heteroatoms. The number of anilines is 1. The molecule has 3 aromatic rings. The predicted octanol–water partition coefficient (Wildman–Crippen LogP) is 3.05. The average molecular weight is 348 g/mol. The largest absolute Gasteiger partial charge is 0.422 e. The van der Waals surface area contributed by atoms with Crippen LogP contribution in [0.1, 0.15) is 16.8 Å². The van der Waals surface area contributed by atoms with Crippen molar-refractivity contribution in [2.45, 2.75) is 6.42 Å². The van der Waals surface area contributed by atoms with Crippen LogP contribution >= 0.6 is 0 Å². The first kappa shape index (κ1) is 16.4. The molecule has 1 amide bonds. The number of amides is 1. The van der Waals surface area contributed by atoms with Crippen molar-refractivity contribution < 1.29 is 9.21 Å². The fraction of sp³-hybridized carbons (Fsp3) is 0.238. The predicted molar refractivity (Wildman–Crippen MR) is 102 cm³/mol. The van der Waals surface area contributed by atoms with E-state index in [1.165, 1.54) is 5.69 Å². The van der Waals surface area contributed by atoms with E-state index in [4.69, 9.17) is 4.42 Å². The molecule has 0 spiro atoms. The number of para-hydroxylation sites is 2.